The van der Waals surface area contributed by atoms with Crippen LogP contribution in [0.15, 0.2) is 75.4 Å². The molecular formula is C24H18BrCl2N3O4. The summed E-state index contributed by atoms with van der Waals surface area (Å²) in [6.45, 7) is 2.98. The number of hydrogen-bond donors (Lipinski definition) is 1. The molecule has 0 aliphatic rings. The predicted octanol–water partition coefficient (Wildman–Crippen LogP) is 6.96. The van der Waals surface area contributed by atoms with Gasteiger partial charge < -0.3 is 10.1 Å². The number of nitrogens with one attached hydrogen (secondary N) is 1. The zero-order chi connectivity index (χ0) is 24.8. The highest BCUT2D eigenvalue weighted by Gasteiger charge is 2.26. The van der Waals surface area contributed by atoms with E-state index in [0.717, 1.165) is 5.56 Å². The van der Waals surface area contributed by atoms with Crippen molar-refractivity contribution in [3.8, 4) is 5.75 Å². The van der Waals surface area contributed by atoms with Gasteiger partial charge in [0.1, 0.15) is 11.4 Å². The van der Waals surface area contributed by atoms with E-state index in [9.17, 15) is 14.4 Å². The van der Waals surface area contributed by atoms with Gasteiger partial charge in [0.15, 0.2) is 5.78 Å². The average Bonchev–Trinajstić information content (AvgIpc) is 2.79. The lowest BCUT2D eigenvalue weighted by atomic mass is 10.1. The summed E-state index contributed by atoms with van der Waals surface area (Å²) in [7, 11) is 0. The third-order valence-corrected chi connectivity index (χ3v) is 6.04. The Hall–Kier alpha value is -3.07. The molecule has 10 heteroatoms. The van der Waals surface area contributed by atoms with Crippen molar-refractivity contribution in [2.75, 3.05) is 5.32 Å². The van der Waals surface area contributed by atoms with Crippen molar-refractivity contribution in [2.24, 2.45) is 10.2 Å². The highest BCUT2D eigenvalue weighted by Crippen LogP contribution is 2.29. The second-order valence-electron chi connectivity index (χ2n) is 7.11. The molecule has 34 heavy (non-hydrogen) atoms. The van der Waals surface area contributed by atoms with Gasteiger partial charge in [0, 0.05) is 16.3 Å². The number of Topliss-reactive ketones (excluding diaryl/α,β-unsaturated/α-hetero) is 1. The molecule has 0 spiro atoms. The van der Waals surface area contributed by atoms with Crippen LogP contribution in [0.25, 0.3) is 0 Å². The molecule has 1 unspecified atom stereocenters. The van der Waals surface area contributed by atoms with Crippen molar-refractivity contribution in [3.63, 3.8) is 0 Å². The maximum Gasteiger partial charge on any atom is 0.346 e. The van der Waals surface area contributed by atoms with Gasteiger partial charge in [-0.2, -0.15) is 10.2 Å². The average molecular weight is 563 g/mol. The number of halogens is 3. The lowest BCUT2D eigenvalue weighted by Gasteiger charge is -2.11. The number of benzene rings is 3. The summed E-state index contributed by atoms with van der Waals surface area (Å²) in [6.07, 6.45) is 0. The highest BCUT2D eigenvalue weighted by molar-refractivity contribution is 9.10. The molecule has 0 fully saturated rings. The van der Waals surface area contributed by atoms with Crippen LogP contribution in [-0.4, -0.2) is 23.7 Å². The first kappa shape index (κ1) is 25.6. The van der Waals surface area contributed by atoms with Crippen LogP contribution >= 0.6 is 39.1 Å². The Balaban J connectivity index is 1.81. The molecule has 0 aromatic heterocycles. The number of amides is 1. The molecule has 1 atom stereocenters. The van der Waals surface area contributed by atoms with E-state index < -0.39 is 23.7 Å². The summed E-state index contributed by atoms with van der Waals surface area (Å²) in [6, 6.07) is 14.7. The molecule has 3 rings (SSSR count). The van der Waals surface area contributed by atoms with Crippen molar-refractivity contribution < 1.29 is 19.1 Å². The van der Waals surface area contributed by atoms with E-state index in [-0.39, 0.29) is 22.0 Å². The van der Waals surface area contributed by atoms with Gasteiger partial charge in [0.25, 0.3) is 5.91 Å². The molecule has 0 heterocycles. The molecule has 174 valence electrons. The number of para-hydroxylation sites is 1. The highest BCUT2D eigenvalue weighted by atomic mass is 79.9. The second kappa shape index (κ2) is 11.4. The Morgan fingerprint density at radius 3 is 2.44 bits per heavy atom. The number of hydrogen-bond acceptors (Lipinski definition) is 6. The Morgan fingerprint density at radius 2 is 1.74 bits per heavy atom. The van der Waals surface area contributed by atoms with E-state index in [1.54, 1.807) is 49.4 Å². The number of esters is 1. The number of nitrogens with zero attached hydrogens (tertiary/aromatic N) is 2. The summed E-state index contributed by atoms with van der Waals surface area (Å²) in [5.41, 5.74) is 1.63. The second-order valence-corrected chi connectivity index (χ2v) is 8.78. The molecule has 0 aliphatic heterocycles. The minimum absolute atomic E-state index is 0.108. The molecule has 1 N–H and O–H groups in total. The lowest BCUT2D eigenvalue weighted by Crippen LogP contribution is -2.30. The maximum absolute atomic E-state index is 12.7. The third kappa shape index (κ3) is 6.28. The van der Waals surface area contributed by atoms with Gasteiger partial charge in [0.05, 0.1) is 9.50 Å². The van der Waals surface area contributed by atoms with E-state index in [2.05, 4.69) is 31.5 Å². The van der Waals surface area contributed by atoms with Crippen LogP contribution in [0.5, 0.6) is 5.75 Å². The first-order valence-corrected chi connectivity index (χ1v) is 11.5. The minimum Gasteiger partial charge on any atom is -0.423 e. The summed E-state index contributed by atoms with van der Waals surface area (Å²) >= 11 is 15.6. The number of ether oxygens (including phenoxy) is 1. The van der Waals surface area contributed by atoms with Crippen molar-refractivity contribution in [3.05, 3.63) is 86.3 Å². The monoisotopic (exact) mass is 561 g/mol. The van der Waals surface area contributed by atoms with Crippen LogP contribution < -0.4 is 10.1 Å². The van der Waals surface area contributed by atoms with E-state index >= 15 is 0 Å². The quantitative estimate of drug-likeness (QED) is 0.145. The third-order valence-electron chi connectivity index (χ3n) is 4.66. The number of carbonyl (C=O) groups is 3. The van der Waals surface area contributed by atoms with Crippen molar-refractivity contribution in [2.45, 2.75) is 19.9 Å². The van der Waals surface area contributed by atoms with Crippen LogP contribution in [-0.2, 0) is 9.59 Å². The van der Waals surface area contributed by atoms with Crippen LogP contribution in [0.4, 0.5) is 11.4 Å². The molecule has 0 saturated heterocycles. The molecule has 0 aliphatic carbocycles. The standard InChI is InChI=1S/C24H18BrCl2N3O4/c1-13-17(26)7-5-8-19(13)28-23(32)15-10-11-18(27)20(12-15)29-30-22(14(2)31)24(33)34-21-9-4-3-6-16(21)25/h3-12,22H,1-2H3,(H,28,32). The molecule has 7 nitrogen and oxygen atoms in total. The van der Waals surface area contributed by atoms with Gasteiger partial charge in [-0.1, -0.05) is 41.4 Å². The number of ketones is 1. The number of carbonyl (C=O) groups excluding carboxylic acids is 3. The van der Waals surface area contributed by atoms with Crippen molar-refractivity contribution in [1.29, 1.82) is 0 Å². The molecular weight excluding hydrogens is 545 g/mol. The van der Waals surface area contributed by atoms with Gasteiger partial charge in [-0.3, -0.25) is 9.59 Å². The zero-order valence-corrected chi connectivity index (χ0v) is 21.1. The van der Waals surface area contributed by atoms with Crippen LogP contribution in [0, 0.1) is 6.92 Å². The fourth-order valence-electron chi connectivity index (χ4n) is 2.77. The van der Waals surface area contributed by atoms with E-state index in [4.69, 9.17) is 27.9 Å². The Morgan fingerprint density at radius 1 is 1.00 bits per heavy atom. The molecule has 0 saturated carbocycles. The summed E-state index contributed by atoms with van der Waals surface area (Å²) in [5.74, 6) is -1.65. The van der Waals surface area contributed by atoms with Gasteiger partial charge in [-0.05, 0) is 77.8 Å². The van der Waals surface area contributed by atoms with E-state index in [1.807, 2.05) is 0 Å². The molecule has 0 radical (unpaired) electrons. The van der Waals surface area contributed by atoms with Crippen molar-refractivity contribution >= 4 is 68.2 Å². The van der Waals surface area contributed by atoms with Crippen molar-refractivity contribution in [1.82, 2.24) is 0 Å². The van der Waals surface area contributed by atoms with Gasteiger partial charge in [-0.25, -0.2) is 4.79 Å². The normalized spacial score (nSPS) is 11.8. The van der Waals surface area contributed by atoms with Gasteiger partial charge >= 0.3 is 5.97 Å². The summed E-state index contributed by atoms with van der Waals surface area (Å²) in [5, 5.41) is 11.3. The fourth-order valence-corrected chi connectivity index (χ4v) is 3.47. The molecule has 1 amide bonds. The van der Waals surface area contributed by atoms with E-state index in [1.165, 1.54) is 25.1 Å². The maximum atomic E-state index is 12.7. The first-order chi connectivity index (χ1) is 16.2. The smallest absolute Gasteiger partial charge is 0.346 e. The number of azo groups is 1. The molecule has 3 aromatic carbocycles. The molecule has 3 aromatic rings. The fraction of sp³-hybridized carbons (Fsp3) is 0.125. The largest absolute Gasteiger partial charge is 0.423 e. The molecule has 0 bridgehead atoms. The van der Waals surface area contributed by atoms with Gasteiger partial charge in [-0.15, -0.1) is 0 Å². The van der Waals surface area contributed by atoms with Gasteiger partial charge in [0.2, 0.25) is 6.04 Å². The van der Waals surface area contributed by atoms with Crippen LogP contribution in [0.1, 0.15) is 22.8 Å². The minimum atomic E-state index is -1.50. The topological polar surface area (TPSA) is 97.2 Å². The zero-order valence-electron chi connectivity index (χ0n) is 18.0. The Kier molecular flexibility index (Phi) is 8.55. The van der Waals surface area contributed by atoms with Crippen LogP contribution in [0.3, 0.4) is 0 Å². The number of rotatable bonds is 7. The van der Waals surface area contributed by atoms with E-state index in [0.29, 0.717) is 15.2 Å². The lowest BCUT2D eigenvalue weighted by molar-refractivity contribution is -0.139. The summed E-state index contributed by atoms with van der Waals surface area (Å²) in [4.78, 5) is 37.3. The van der Waals surface area contributed by atoms with Crippen LogP contribution in [0.2, 0.25) is 10.0 Å². The predicted molar refractivity (Wildman–Crippen MR) is 134 cm³/mol. The Bertz CT molecular complexity index is 1300. The first-order valence-electron chi connectivity index (χ1n) is 9.91. The Labute approximate surface area is 214 Å². The number of anilines is 1. The SMILES string of the molecule is CC(=O)C(N=Nc1cc(C(=O)Nc2cccc(Cl)c2C)ccc1Cl)C(=O)Oc1ccccc1Br. The summed E-state index contributed by atoms with van der Waals surface area (Å²) < 4.78 is 5.81.